The number of ether oxygens (including phenoxy) is 2. The van der Waals surface area contributed by atoms with Crippen LogP contribution in [-0.4, -0.2) is 35.3 Å². The Hall–Kier alpha value is -2.10. The van der Waals surface area contributed by atoms with Gasteiger partial charge in [0.1, 0.15) is 11.3 Å². The second-order valence-electron chi connectivity index (χ2n) is 6.33. The molecule has 0 aliphatic heterocycles. The van der Waals surface area contributed by atoms with Gasteiger partial charge in [0, 0.05) is 24.2 Å². The molecule has 0 saturated carbocycles. The van der Waals surface area contributed by atoms with Crippen molar-refractivity contribution in [3.05, 3.63) is 56.7 Å². The largest absolute Gasteiger partial charge is 0.468 e. The van der Waals surface area contributed by atoms with Gasteiger partial charge in [-0.15, -0.1) is 0 Å². The standard InChI is InChI=1S/C21H23BrN2O5S/c1-3-27-10-5-9-24-19(25)16-12-14(22)6-7-17(16)23-21(24)30-13-18-15(8-11-29-18)20(26)28-4-2/h6-8,11-12H,3-5,9-10,13H2,1-2H3. The number of halogens is 1. The lowest BCUT2D eigenvalue weighted by Crippen LogP contribution is -2.24. The van der Waals surface area contributed by atoms with Gasteiger partial charge in [-0.3, -0.25) is 9.36 Å². The molecule has 0 N–H and O–H groups in total. The monoisotopic (exact) mass is 494 g/mol. The molecule has 160 valence electrons. The Morgan fingerprint density at radius 1 is 1.27 bits per heavy atom. The molecular formula is C21H23BrN2O5S. The number of hydrogen-bond acceptors (Lipinski definition) is 7. The topological polar surface area (TPSA) is 83.6 Å². The molecule has 0 atom stereocenters. The molecule has 0 fully saturated rings. The van der Waals surface area contributed by atoms with E-state index >= 15 is 0 Å². The van der Waals surface area contributed by atoms with E-state index in [4.69, 9.17) is 18.9 Å². The number of benzene rings is 1. The number of thioether (sulfide) groups is 1. The van der Waals surface area contributed by atoms with E-state index in [9.17, 15) is 9.59 Å². The van der Waals surface area contributed by atoms with Crippen molar-refractivity contribution >= 4 is 44.6 Å². The average Bonchev–Trinajstić information content (AvgIpc) is 3.20. The molecule has 0 aliphatic rings. The molecular weight excluding hydrogens is 472 g/mol. The van der Waals surface area contributed by atoms with Crippen LogP contribution in [0.25, 0.3) is 10.9 Å². The lowest BCUT2D eigenvalue weighted by Gasteiger charge is -2.13. The molecule has 0 bridgehead atoms. The number of esters is 1. The molecule has 9 heteroatoms. The summed E-state index contributed by atoms with van der Waals surface area (Å²) in [6, 6.07) is 7.04. The normalized spacial score (nSPS) is 11.2. The summed E-state index contributed by atoms with van der Waals surface area (Å²) in [5.74, 6) is 0.415. The van der Waals surface area contributed by atoms with E-state index in [2.05, 4.69) is 15.9 Å². The summed E-state index contributed by atoms with van der Waals surface area (Å²) in [4.78, 5) is 29.9. The maximum absolute atomic E-state index is 13.1. The van der Waals surface area contributed by atoms with Crippen LogP contribution in [0.15, 0.2) is 49.4 Å². The Bertz CT molecular complexity index is 1080. The fourth-order valence-electron chi connectivity index (χ4n) is 2.92. The van der Waals surface area contributed by atoms with E-state index in [1.165, 1.54) is 18.0 Å². The fourth-order valence-corrected chi connectivity index (χ4v) is 4.26. The minimum absolute atomic E-state index is 0.106. The van der Waals surface area contributed by atoms with Gasteiger partial charge in [-0.05, 0) is 44.5 Å². The van der Waals surface area contributed by atoms with Gasteiger partial charge in [0.05, 0.1) is 29.5 Å². The van der Waals surface area contributed by atoms with Gasteiger partial charge in [0.2, 0.25) is 0 Å². The zero-order valence-corrected chi connectivity index (χ0v) is 19.3. The number of fused-ring (bicyclic) bond motifs is 1. The maximum Gasteiger partial charge on any atom is 0.341 e. The first-order valence-corrected chi connectivity index (χ1v) is 11.5. The van der Waals surface area contributed by atoms with Crippen LogP contribution in [0.2, 0.25) is 0 Å². The summed E-state index contributed by atoms with van der Waals surface area (Å²) in [6.07, 6.45) is 2.15. The highest BCUT2D eigenvalue weighted by atomic mass is 79.9. The van der Waals surface area contributed by atoms with Gasteiger partial charge in [-0.25, -0.2) is 9.78 Å². The fraction of sp³-hybridized carbons (Fsp3) is 0.381. The maximum atomic E-state index is 13.1. The highest BCUT2D eigenvalue weighted by Crippen LogP contribution is 2.26. The third-order valence-electron chi connectivity index (χ3n) is 4.33. The first-order chi connectivity index (χ1) is 14.5. The highest BCUT2D eigenvalue weighted by molar-refractivity contribution is 9.10. The molecule has 0 unspecified atom stereocenters. The summed E-state index contributed by atoms with van der Waals surface area (Å²) in [7, 11) is 0. The molecule has 2 aromatic heterocycles. The van der Waals surface area contributed by atoms with E-state index < -0.39 is 5.97 Å². The van der Waals surface area contributed by atoms with Gasteiger partial charge in [-0.1, -0.05) is 27.7 Å². The number of carbonyl (C=O) groups excluding carboxylic acids is 1. The Morgan fingerprint density at radius 2 is 2.10 bits per heavy atom. The van der Waals surface area contributed by atoms with E-state index in [1.54, 1.807) is 23.6 Å². The van der Waals surface area contributed by atoms with Gasteiger partial charge >= 0.3 is 5.97 Å². The minimum atomic E-state index is -0.424. The van der Waals surface area contributed by atoms with Crippen molar-refractivity contribution in [2.45, 2.75) is 37.7 Å². The van der Waals surface area contributed by atoms with Crippen LogP contribution in [0.1, 0.15) is 36.4 Å². The predicted octanol–water partition coefficient (Wildman–Crippen LogP) is 4.65. The number of carbonyl (C=O) groups is 1. The summed E-state index contributed by atoms with van der Waals surface area (Å²) in [6.45, 7) is 5.67. The van der Waals surface area contributed by atoms with Crippen molar-refractivity contribution in [1.29, 1.82) is 0 Å². The second kappa shape index (κ2) is 10.8. The third-order valence-corrected chi connectivity index (χ3v) is 5.80. The predicted molar refractivity (Wildman–Crippen MR) is 119 cm³/mol. The minimum Gasteiger partial charge on any atom is -0.468 e. The molecule has 0 saturated heterocycles. The third kappa shape index (κ3) is 5.33. The molecule has 7 nitrogen and oxygen atoms in total. The summed E-state index contributed by atoms with van der Waals surface area (Å²) < 4.78 is 18.4. The number of rotatable bonds is 10. The van der Waals surface area contributed by atoms with Crippen molar-refractivity contribution < 1.29 is 18.7 Å². The molecule has 30 heavy (non-hydrogen) atoms. The first kappa shape index (κ1) is 22.6. The zero-order valence-electron chi connectivity index (χ0n) is 16.9. The number of aromatic nitrogens is 2. The van der Waals surface area contributed by atoms with Crippen LogP contribution in [0.3, 0.4) is 0 Å². The van der Waals surface area contributed by atoms with Crippen molar-refractivity contribution in [3.8, 4) is 0 Å². The van der Waals surface area contributed by atoms with Crippen LogP contribution in [-0.2, 0) is 21.8 Å². The van der Waals surface area contributed by atoms with Crippen molar-refractivity contribution in [2.75, 3.05) is 19.8 Å². The molecule has 1 aromatic carbocycles. The Morgan fingerprint density at radius 3 is 2.87 bits per heavy atom. The molecule has 3 aromatic rings. The molecule has 0 aliphatic carbocycles. The summed E-state index contributed by atoms with van der Waals surface area (Å²) in [5, 5.41) is 1.12. The highest BCUT2D eigenvalue weighted by Gasteiger charge is 2.18. The van der Waals surface area contributed by atoms with Crippen LogP contribution in [0.4, 0.5) is 0 Å². The van der Waals surface area contributed by atoms with Gasteiger partial charge < -0.3 is 13.9 Å². The summed E-state index contributed by atoms with van der Waals surface area (Å²) >= 11 is 4.77. The average molecular weight is 495 g/mol. The Kier molecular flexibility index (Phi) is 8.12. The summed E-state index contributed by atoms with van der Waals surface area (Å²) in [5.41, 5.74) is 0.904. The molecule has 0 spiro atoms. The van der Waals surface area contributed by atoms with Gasteiger partial charge in [-0.2, -0.15) is 0 Å². The van der Waals surface area contributed by atoms with Crippen LogP contribution in [0.5, 0.6) is 0 Å². The Labute approximate surface area is 186 Å². The first-order valence-electron chi connectivity index (χ1n) is 9.69. The smallest absolute Gasteiger partial charge is 0.341 e. The molecule has 3 rings (SSSR count). The number of furan rings is 1. The van der Waals surface area contributed by atoms with E-state index in [-0.39, 0.29) is 12.2 Å². The van der Waals surface area contributed by atoms with Crippen LogP contribution >= 0.6 is 27.7 Å². The SMILES string of the molecule is CCOCCCn1c(SCc2occc2C(=O)OCC)nc2ccc(Br)cc2c1=O. The van der Waals surface area contributed by atoms with E-state index in [1.807, 2.05) is 19.1 Å². The zero-order chi connectivity index (χ0) is 21.5. The lowest BCUT2D eigenvalue weighted by atomic mass is 10.2. The number of nitrogens with zero attached hydrogens (tertiary/aromatic N) is 2. The van der Waals surface area contributed by atoms with Gasteiger partial charge in [0.25, 0.3) is 5.56 Å². The van der Waals surface area contributed by atoms with Crippen molar-refractivity contribution in [1.82, 2.24) is 9.55 Å². The van der Waals surface area contributed by atoms with E-state index in [0.29, 0.717) is 59.3 Å². The van der Waals surface area contributed by atoms with Crippen LogP contribution in [0, 0.1) is 0 Å². The lowest BCUT2D eigenvalue weighted by molar-refractivity contribution is 0.0524. The van der Waals surface area contributed by atoms with E-state index in [0.717, 1.165) is 4.47 Å². The van der Waals surface area contributed by atoms with Gasteiger partial charge in [0.15, 0.2) is 5.16 Å². The molecule has 0 radical (unpaired) electrons. The quantitative estimate of drug-likeness (QED) is 0.175. The van der Waals surface area contributed by atoms with Crippen LogP contribution < -0.4 is 5.56 Å². The Balaban J connectivity index is 1.90. The van der Waals surface area contributed by atoms with Crippen molar-refractivity contribution in [2.24, 2.45) is 0 Å². The molecule has 2 heterocycles. The number of hydrogen-bond donors (Lipinski definition) is 0. The van der Waals surface area contributed by atoms with Crippen molar-refractivity contribution in [3.63, 3.8) is 0 Å². The second-order valence-corrected chi connectivity index (χ2v) is 8.19. The molecule has 0 amide bonds.